The Kier molecular flexibility index (Phi) is 6.06. The van der Waals surface area contributed by atoms with Gasteiger partial charge in [-0.2, -0.15) is 0 Å². The topological polar surface area (TPSA) is 76.6 Å². The van der Waals surface area contributed by atoms with Crippen LogP contribution in [0.15, 0.2) is 60.9 Å². The molecule has 0 aliphatic heterocycles. The largest absolute Gasteiger partial charge is 0.493 e. The Labute approximate surface area is 164 Å². The third-order valence-corrected chi connectivity index (χ3v) is 4.15. The van der Waals surface area contributed by atoms with Gasteiger partial charge in [-0.1, -0.05) is 30.3 Å². The Morgan fingerprint density at radius 2 is 1.68 bits per heavy atom. The molecular formula is C21H22N4O3. The number of nitrogens with one attached hydrogen (secondary N) is 1. The van der Waals surface area contributed by atoms with Crippen LogP contribution >= 0.6 is 0 Å². The third kappa shape index (κ3) is 4.56. The van der Waals surface area contributed by atoms with Gasteiger partial charge >= 0.3 is 0 Å². The van der Waals surface area contributed by atoms with Crippen molar-refractivity contribution in [2.75, 3.05) is 31.5 Å². The first-order valence-corrected chi connectivity index (χ1v) is 8.71. The minimum absolute atomic E-state index is 0.301. The highest BCUT2D eigenvalue weighted by molar-refractivity contribution is 6.04. The van der Waals surface area contributed by atoms with E-state index in [4.69, 9.17) is 9.47 Å². The molecule has 1 heterocycles. The van der Waals surface area contributed by atoms with Crippen molar-refractivity contribution in [3.05, 3.63) is 72.1 Å². The van der Waals surface area contributed by atoms with Crippen molar-refractivity contribution in [1.29, 1.82) is 0 Å². The fraction of sp³-hybridized carbons (Fsp3) is 0.190. The predicted molar refractivity (Wildman–Crippen MR) is 108 cm³/mol. The number of anilines is 2. The van der Waals surface area contributed by atoms with E-state index in [-0.39, 0.29) is 5.91 Å². The maximum absolute atomic E-state index is 12.5. The van der Waals surface area contributed by atoms with E-state index in [9.17, 15) is 4.79 Å². The monoisotopic (exact) mass is 378 g/mol. The molecule has 1 N–H and O–H groups in total. The van der Waals surface area contributed by atoms with E-state index in [0.29, 0.717) is 35.2 Å². The lowest BCUT2D eigenvalue weighted by molar-refractivity contribution is 0.102. The van der Waals surface area contributed by atoms with Crippen molar-refractivity contribution < 1.29 is 14.3 Å². The van der Waals surface area contributed by atoms with Gasteiger partial charge < -0.3 is 19.7 Å². The molecule has 7 nitrogen and oxygen atoms in total. The molecular weight excluding hydrogens is 356 g/mol. The quantitative estimate of drug-likeness (QED) is 0.679. The summed E-state index contributed by atoms with van der Waals surface area (Å²) in [4.78, 5) is 23.0. The molecule has 1 aromatic heterocycles. The second-order valence-corrected chi connectivity index (χ2v) is 6.14. The smallest absolute Gasteiger partial charge is 0.258 e. The average molecular weight is 378 g/mol. The summed E-state index contributed by atoms with van der Waals surface area (Å²) in [6.07, 6.45) is 3.03. The molecule has 28 heavy (non-hydrogen) atoms. The number of rotatable bonds is 7. The minimum Gasteiger partial charge on any atom is -0.493 e. The first-order valence-electron chi connectivity index (χ1n) is 8.71. The van der Waals surface area contributed by atoms with E-state index in [0.717, 1.165) is 5.56 Å². The van der Waals surface area contributed by atoms with Crippen LogP contribution in [0, 0.1) is 0 Å². The van der Waals surface area contributed by atoms with Gasteiger partial charge in [-0.25, -0.2) is 9.97 Å². The van der Waals surface area contributed by atoms with Crippen LogP contribution in [0.1, 0.15) is 15.9 Å². The lowest BCUT2D eigenvalue weighted by Crippen LogP contribution is -2.20. The van der Waals surface area contributed by atoms with Crippen LogP contribution < -0.4 is 19.7 Å². The van der Waals surface area contributed by atoms with Gasteiger partial charge in [-0.05, 0) is 17.7 Å². The standard InChI is InChI=1S/C21H22N4O3/c1-25(14-15-7-5-4-6-8-15)21-22-12-16(13-23-21)20(26)24-17-9-10-18(27-2)19(11-17)28-3/h4-13H,14H2,1-3H3,(H,24,26). The highest BCUT2D eigenvalue weighted by Gasteiger charge is 2.12. The number of aromatic nitrogens is 2. The summed E-state index contributed by atoms with van der Waals surface area (Å²) in [5.41, 5.74) is 2.11. The number of methoxy groups -OCH3 is 2. The van der Waals surface area contributed by atoms with E-state index in [1.807, 2.05) is 42.3 Å². The van der Waals surface area contributed by atoms with E-state index in [2.05, 4.69) is 15.3 Å². The average Bonchev–Trinajstić information content (AvgIpc) is 2.74. The molecule has 0 radical (unpaired) electrons. The number of carbonyl (C=O) groups excluding carboxylic acids is 1. The first kappa shape index (κ1) is 19.2. The van der Waals surface area contributed by atoms with Crippen LogP contribution in [0.25, 0.3) is 0 Å². The van der Waals surface area contributed by atoms with Gasteiger partial charge in [0.15, 0.2) is 11.5 Å². The van der Waals surface area contributed by atoms with Crippen LogP contribution in [0.4, 0.5) is 11.6 Å². The van der Waals surface area contributed by atoms with Crippen molar-refractivity contribution in [2.24, 2.45) is 0 Å². The third-order valence-electron chi connectivity index (χ3n) is 4.15. The molecule has 0 fully saturated rings. The van der Waals surface area contributed by atoms with Crippen LogP contribution in [0.2, 0.25) is 0 Å². The fourth-order valence-electron chi connectivity index (χ4n) is 2.68. The predicted octanol–water partition coefficient (Wildman–Crippen LogP) is 3.38. The Bertz CT molecular complexity index is 930. The zero-order valence-corrected chi connectivity index (χ0v) is 16.0. The van der Waals surface area contributed by atoms with Gasteiger partial charge in [0.2, 0.25) is 5.95 Å². The summed E-state index contributed by atoms with van der Waals surface area (Å²) >= 11 is 0. The van der Waals surface area contributed by atoms with Gasteiger partial charge in [0, 0.05) is 37.7 Å². The van der Waals surface area contributed by atoms with E-state index >= 15 is 0 Å². The molecule has 0 aliphatic rings. The van der Waals surface area contributed by atoms with Gasteiger partial charge in [0.1, 0.15) is 0 Å². The van der Waals surface area contributed by atoms with Crippen LogP contribution in [-0.4, -0.2) is 37.1 Å². The second kappa shape index (κ2) is 8.85. The molecule has 0 bridgehead atoms. The normalized spacial score (nSPS) is 10.2. The van der Waals surface area contributed by atoms with Crippen LogP contribution in [0.3, 0.4) is 0 Å². The molecule has 144 valence electrons. The molecule has 3 aromatic rings. The lowest BCUT2D eigenvalue weighted by Gasteiger charge is -2.17. The van der Waals surface area contributed by atoms with E-state index < -0.39 is 0 Å². The van der Waals surface area contributed by atoms with Crippen molar-refractivity contribution in [3.63, 3.8) is 0 Å². The summed E-state index contributed by atoms with van der Waals surface area (Å²) < 4.78 is 10.4. The number of nitrogens with zero attached hydrogens (tertiary/aromatic N) is 3. The van der Waals surface area contributed by atoms with E-state index in [1.165, 1.54) is 12.4 Å². The van der Waals surface area contributed by atoms with Gasteiger partial charge in [0.05, 0.1) is 19.8 Å². The highest BCUT2D eigenvalue weighted by Crippen LogP contribution is 2.29. The van der Waals surface area contributed by atoms with Gasteiger partial charge in [0.25, 0.3) is 5.91 Å². The lowest BCUT2D eigenvalue weighted by atomic mass is 10.2. The van der Waals surface area contributed by atoms with Crippen LogP contribution in [-0.2, 0) is 6.54 Å². The summed E-state index contributed by atoms with van der Waals surface area (Å²) in [6, 6.07) is 15.2. The summed E-state index contributed by atoms with van der Waals surface area (Å²) in [7, 11) is 5.01. The molecule has 0 saturated heterocycles. The van der Waals surface area contributed by atoms with Crippen LogP contribution in [0.5, 0.6) is 11.5 Å². The van der Waals surface area contributed by atoms with Gasteiger partial charge in [-0.15, -0.1) is 0 Å². The van der Waals surface area contributed by atoms with Crippen molar-refractivity contribution >= 4 is 17.5 Å². The minimum atomic E-state index is -0.301. The summed E-state index contributed by atoms with van der Waals surface area (Å²) in [5.74, 6) is 1.38. The molecule has 2 aromatic carbocycles. The van der Waals surface area contributed by atoms with E-state index in [1.54, 1.807) is 32.4 Å². The number of hydrogen-bond acceptors (Lipinski definition) is 6. The number of carbonyl (C=O) groups is 1. The Balaban J connectivity index is 1.66. The maximum atomic E-state index is 12.5. The molecule has 0 unspecified atom stereocenters. The Morgan fingerprint density at radius 1 is 1.00 bits per heavy atom. The molecule has 3 rings (SSSR count). The molecule has 0 atom stereocenters. The Morgan fingerprint density at radius 3 is 2.32 bits per heavy atom. The number of amides is 1. The SMILES string of the molecule is COc1ccc(NC(=O)c2cnc(N(C)Cc3ccccc3)nc2)cc1OC. The van der Waals surface area contributed by atoms with Gasteiger partial charge in [-0.3, -0.25) is 4.79 Å². The molecule has 7 heteroatoms. The zero-order valence-electron chi connectivity index (χ0n) is 16.0. The van der Waals surface area contributed by atoms with Crippen molar-refractivity contribution in [3.8, 4) is 11.5 Å². The Hall–Kier alpha value is -3.61. The summed E-state index contributed by atoms with van der Waals surface area (Å²) in [6.45, 7) is 0.679. The number of hydrogen-bond donors (Lipinski definition) is 1. The molecule has 0 saturated carbocycles. The summed E-state index contributed by atoms with van der Waals surface area (Å²) in [5, 5.41) is 2.80. The molecule has 0 spiro atoms. The second-order valence-electron chi connectivity index (χ2n) is 6.14. The van der Waals surface area contributed by atoms with Crippen molar-refractivity contribution in [1.82, 2.24) is 9.97 Å². The number of ether oxygens (including phenoxy) is 2. The number of benzene rings is 2. The maximum Gasteiger partial charge on any atom is 0.258 e. The fourth-order valence-corrected chi connectivity index (χ4v) is 2.68. The molecule has 1 amide bonds. The van der Waals surface area contributed by atoms with Crippen molar-refractivity contribution in [2.45, 2.75) is 6.54 Å². The highest BCUT2D eigenvalue weighted by atomic mass is 16.5. The zero-order chi connectivity index (χ0) is 19.9. The molecule has 0 aliphatic carbocycles. The first-order chi connectivity index (χ1) is 13.6.